The van der Waals surface area contributed by atoms with Crippen LogP contribution < -0.4 is 5.32 Å². The summed E-state index contributed by atoms with van der Waals surface area (Å²) >= 11 is 3.16. The Balaban J connectivity index is 2.51. The number of hydrogen-bond acceptors (Lipinski definition) is 2. The molecule has 3 unspecified atom stereocenters. The van der Waals surface area contributed by atoms with E-state index in [1.54, 1.807) is 0 Å². The van der Waals surface area contributed by atoms with Gasteiger partial charge in [0.2, 0.25) is 0 Å². The zero-order valence-electron chi connectivity index (χ0n) is 7.07. The Hall–Kier alpha value is 0.190. The van der Waals surface area contributed by atoms with E-state index >= 15 is 0 Å². The molecule has 0 aliphatic carbocycles. The Kier molecular flexibility index (Phi) is 3.59. The summed E-state index contributed by atoms with van der Waals surface area (Å²) in [5.41, 5.74) is 0. The summed E-state index contributed by atoms with van der Waals surface area (Å²) in [6.07, 6.45) is -4.37. The third-order valence-corrected chi connectivity index (χ3v) is 2.97. The normalized spacial score (nSPS) is 36.2. The zero-order chi connectivity index (χ0) is 10.1. The standard InChI is InChI=1S/C7H11BrF3NO/c1-13-6-5(8)2-4(3-12-6)7(9,10)11/h4-6,12H,2-3H2,1H3. The number of halogens is 4. The van der Waals surface area contributed by atoms with Crippen molar-refractivity contribution in [1.82, 2.24) is 5.32 Å². The van der Waals surface area contributed by atoms with Crippen molar-refractivity contribution in [2.75, 3.05) is 13.7 Å². The summed E-state index contributed by atoms with van der Waals surface area (Å²) in [4.78, 5) is -0.280. The molecule has 6 heteroatoms. The molecular formula is C7H11BrF3NO. The van der Waals surface area contributed by atoms with Crippen molar-refractivity contribution in [3.05, 3.63) is 0 Å². The minimum atomic E-state index is -4.11. The summed E-state index contributed by atoms with van der Waals surface area (Å²) in [5, 5.41) is 2.69. The smallest absolute Gasteiger partial charge is 0.365 e. The van der Waals surface area contributed by atoms with E-state index < -0.39 is 12.1 Å². The van der Waals surface area contributed by atoms with Gasteiger partial charge < -0.3 is 4.74 Å². The van der Waals surface area contributed by atoms with Crippen LogP contribution >= 0.6 is 15.9 Å². The fourth-order valence-electron chi connectivity index (χ4n) is 1.35. The van der Waals surface area contributed by atoms with Gasteiger partial charge in [-0.1, -0.05) is 15.9 Å². The number of rotatable bonds is 1. The van der Waals surface area contributed by atoms with Crippen molar-refractivity contribution in [3.63, 3.8) is 0 Å². The molecule has 0 aromatic carbocycles. The molecule has 3 atom stereocenters. The fourth-order valence-corrected chi connectivity index (χ4v) is 2.20. The van der Waals surface area contributed by atoms with Crippen LogP contribution in [0.4, 0.5) is 13.2 Å². The molecule has 0 bridgehead atoms. The molecule has 0 radical (unpaired) electrons. The van der Waals surface area contributed by atoms with Crippen LogP contribution in [0.15, 0.2) is 0 Å². The topological polar surface area (TPSA) is 21.3 Å². The van der Waals surface area contributed by atoms with E-state index in [-0.39, 0.29) is 24.0 Å². The highest BCUT2D eigenvalue weighted by molar-refractivity contribution is 9.09. The molecular weight excluding hydrogens is 251 g/mol. The lowest BCUT2D eigenvalue weighted by molar-refractivity contribution is -0.183. The first kappa shape index (κ1) is 11.3. The molecule has 1 rings (SSSR count). The molecule has 1 heterocycles. The average Bonchev–Trinajstić information content (AvgIpc) is 2.02. The van der Waals surface area contributed by atoms with Gasteiger partial charge in [-0.05, 0) is 6.42 Å². The molecule has 0 aromatic heterocycles. The van der Waals surface area contributed by atoms with E-state index in [0.717, 1.165) is 0 Å². The Labute approximate surface area is 83.0 Å². The van der Waals surface area contributed by atoms with Gasteiger partial charge in [0.15, 0.2) is 0 Å². The van der Waals surface area contributed by atoms with Gasteiger partial charge in [-0.25, -0.2) is 0 Å². The average molecular weight is 262 g/mol. The predicted octanol–water partition coefficient (Wildman–Crippen LogP) is 1.89. The molecule has 1 saturated heterocycles. The molecule has 0 aromatic rings. The first-order chi connectivity index (χ1) is 5.95. The van der Waals surface area contributed by atoms with Crippen LogP contribution in [0.3, 0.4) is 0 Å². The summed E-state index contributed by atoms with van der Waals surface area (Å²) in [5.74, 6) is -1.27. The molecule has 1 aliphatic heterocycles. The van der Waals surface area contributed by atoms with E-state index in [9.17, 15) is 13.2 Å². The van der Waals surface area contributed by atoms with Gasteiger partial charge in [-0.2, -0.15) is 13.2 Å². The second-order valence-electron chi connectivity index (χ2n) is 3.05. The van der Waals surface area contributed by atoms with Crippen LogP contribution in [0.1, 0.15) is 6.42 Å². The number of ether oxygens (including phenoxy) is 1. The third kappa shape index (κ3) is 2.82. The van der Waals surface area contributed by atoms with Gasteiger partial charge in [0, 0.05) is 13.7 Å². The largest absolute Gasteiger partial charge is 0.393 e. The van der Waals surface area contributed by atoms with Crippen LogP contribution in [-0.2, 0) is 4.74 Å². The molecule has 78 valence electrons. The predicted molar refractivity (Wildman–Crippen MR) is 45.7 cm³/mol. The number of methoxy groups -OCH3 is 1. The molecule has 1 N–H and O–H groups in total. The Bertz CT molecular complexity index is 176. The first-order valence-corrected chi connectivity index (χ1v) is 4.83. The van der Waals surface area contributed by atoms with Gasteiger partial charge in [-0.3, -0.25) is 5.32 Å². The van der Waals surface area contributed by atoms with Crippen molar-refractivity contribution in [2.45, 2.75) is 23.7 Å². The van der Waals surface area contributed by atoms with Crippen LogP contribution in [0, 0.1) is 5.92 Å². The number of nitrogens with one attached hydrogen (secondary N) is 1. The monoisotopic (exact) mass is 261 g/mol. The van der Waals surface area contributed by atoms with E-state index in [2.05, 4.69) is 21.2 Å². The van der Waals surface area contributed by atoms with E-state index in [1.807, 2.05) is 0 Å². The van der Waals surface area contributed by atoms with E-state index in [4.69, 9.17) is 4.74 Å². The second kappa shape index (κ2) is 4.14. The number of hydrogen-bond donors (Lipinski definition) is 1. The zero-order valence-corrected chi connectivity index (χ0v) is 8.65. The maximum atomic E-state index is 12.2. The summed E-state index contributed by atoms with van der Waals surface area (Å²) in [6, 6.07) is 0. The summed E-state index contributed by atoms with van der Waals surface area (Å²) in [7, 11) is 1.47. The van der Waals surface area contributed by atoms with Crippen molar-refractivity contribution in [2.24, 2.45) is 5.92 Å². The van der Waals surface area contributed by atoms with Crippen molar-refractivity contribution in [1.29, 1.82) is 0 Å². The fraction of sp³-hybridized carbons (Fsp3) is 1.00. The highest BCUT2D eigenvalue weighted by atomic mass is 79.9. The highest BCUT2D eigenvalue weighted by Gasteiger charge is 2.44. The molecule has 0 spiro atoms. The number of piperidine rings is 1. The van der Waals surface area contributed by atoms with E-state index in [0.29, 0.717) is 0 Å². The van der Waals surface area contributed by atoms with Crippen molar-refractivity contribution < 1.29 is 17.9 Å². The SMILES string of the molecule is COC1NCC(C(F)(F)F)CC1Br. The maximum Gasteiger partial charge on any atom is 0.393 e. The molecule has 13 heavy (non-hydrogen) atoms. The van der Waals surface area contributed by atoms with Gasteiger partial charge >= 0.3 is 6.18 Å². The minimum absolute atomic E-state index is 0.0645. The number of alkyl halides is 4. The second-order valence-corrected chi connectivity index (χ2v) is 4.23. The van der Waals surface area contributed by atoms with Crippen LogP contribution in [0.2, 0.25) is 0 Å². The van der Waals surface area contributed by atoms with Gasteiger partial charge in [0.1, 0.15) is 6.23 Å². The van der Waals surface area contributed by atoms with Gasteiger partial charge in [0.05, 0.1) is 10.7 Å². The minimum Gasteiger partial charge on any atom is -0.365 e. The molecule has 1 aliphatic rings. The molecule has 0 saturated carbocycles. The van der Waals surface area contributed by atoms with Crippen molar-refractivity contribution >= 4 is 15.9 Å². The summed E-state index contributed by atoms with van der Waals surface area (Å²) in [6.45, 7) is -0.0654. The lowest BCUT2D eigenvalue weighted by Crippen LogP contribution is -2.50. The molecule has 0 amide bonds. The van der Waals surface area contributed by atoms with Crippen molar-refractivity contribution in [3.8, 4) is 0 Å². The van der Waals surface area contributed by atoms with Gasteiger partial charge in [0.25, 0.3) is 0 Å². The molecule has 1 fully saturated rings. The lowest BCUT2D eigenvalue weighted by atomic mass is 9.98. The third-order valence-electron chi connectivity index (χ3n) is 2.12. The lowest BCUT2D eigenvalue weighted by Gasteiger charge is -2.33. The van der Waals surface area contributed by atoms with E-state index in [1.165, 1.54) is 7.11 Å². The van der Waals surface area contributed by atoms with Crippen LogP contribution in [-0.4, -0.2) is 30.9 Å². The van der Waals surface area contributed by atoms with Gasteiger partial charge in [-0.15, -0.1) is 0 Å². The quantitative estimate of drug-likeness (QED) is 0.729. The van der Waals surface area contributed by atoms with Crippen LogP contribution in [0.25, 0.3) is 0 Å². The molecule has 2 nitrogen and oxygen atoms in total. The van der Waals surface area contributed by atoms with Crippen LogP contribution in [0.5, 0.6) is 0 Å². The Morgan fingerprint density at radius 2 is 2.08 bits per heavy atom. The first-order valence-electron chi connectivity index (χ1n) is 3.92. The summed E-state index contributed by atoms with van der Waals surface area (Å²) < 4.78 is 41.7. The Morgan fingerprint density at radius 3 is 2.46 bits per heavy atom. The Morgan fingerprint density at radius 1 is 1.46 bits per heavy atom. The maximum absolute atomic E-state index is 12.2. The highest BCUT2D eigenvalue weighted by Crippen LogP contribution is 2.34.